The van der Waals surface area contributed by atoms with Gasteiger partial charge in [-0.25, -0.2) is 4.98 Å². The van der Waals surface area contributed by atoms with Gasteiger partial charge in [0.1, 0.15) is 5.82 Å². The van der Waals surface area contributed by atoms with E-state index in [9.17, 15) is 14.7 Å². The van der Waals surface area contributed by atoms with E-state index in [4.69, 9.17) is 0 Å². The number of halogens is 1. The lowest BCUT2D eigenvalue weighted by molar-refractivity contribution is -0.141. The van der Waals surface area contributed by atoms with E-state index in [1.165, 1.54) is 0 Å². The SMILES string of the molecule is CN1CCC(N(C)C(=O)c2ccc(Nc3ncc(Br)c(N[C@H]4CCC[C@H]4C(=O)O)n3)cc2)CC1. The predicted octanol–water partition coefficient (Wildman–Crippen LogP) is 3.81. The van der Waals surface area contributed by atoms with E-state index < -0.39 is 11.9 Å². The van der Waals surface area contributed by atoms with Gasteiger partial charge in [0, 0.05) is 36.6 Å². The summed E-state index contributed by atoms with van der Waals surface area (Å²) in [5, 5.41) is 15.9. The largest absolute Gasteiger partial charge is 0.481 e. The van der Waals surface area contributed by atoms with Crippen LogP contribution in [0.3, 0.4) is 0 Å². The number of carbonyl (C=O) groups excluding carboxylic acids is 1. The first-order chi connectivity index (χ1) is 16.3. The molecule has 1 aromatic carbocycles. The van der Waals surface area contributed by atoms with Crippen LogP contribution in [0.15, 0.2) is 34.9 Å². The molecule has 1 saturated heterocycles. The van der Waals surface area contributed by atoms with Crippen molar-refractivity contribution in [2.45, 2.75) is 44.2 Å². The molecule has 0 radical (unpaired) electrons. The Morgan fingerprint density at radius 3 is 2.53 bits per heavy atom. The third-order valence-corrected chi connectivity index (χ3v) is 7.42. The summed E-state index contributed by atoms with van der Waals surface area (Å²) in [6.45, 7) is 2.01. The first kappa shape index (κ1) is 24.4. The molecule has 182 valence electrons. The van der Waals surface area contributed by atoms with Crippen molar-refractivity contribution >= 4 is 45.3 Å². The third-order valence-electron chi connectivity index (χ3n) is 6.84. The first-order valence-electron chi connectivity index (χ1n) is 11.7. The van der Waals surface area contributed by atoms with Gasteiger partial charge in [-0.15, -0.1) is 0 Å². The van der Waals surface area contributed by atoms with Gasteiger partial charge >= 0.3 is 5.97 Å². The molecule has 9 nitrogen and oxygen atoms in total. The maximum absolute atomic E-state index is 12.9. The van der Waals surface area contributed by atoms with Crippen LogP contribution in [0.2, 0.25) is 0 Å². The van der Waals surface area contributed by atoms with E-state index >= 15 is 0 Å². The number of benzene rings is 1. The summed E-state index contributed by atoms with van der Waals surface area (Å²) in [5.41, 5.74) is 1.41. The molecule has 34 heavy (non-hydrogen) atoms. The highest BCUT2D eigenvalue weighted by molar-refractivity contribution is 9.10. The van der Waals surface area contributed by atoms with Crippen molar-refractivity contribution in [3.8, 4) is 0 Å². The fourth-order valence-corrected chi connectivity index (χ4v) is 5.02. The van der Waals surface area contributed by atoms with Crippen LogP contribution in [0, 0.1) is 5.92 Å². The van der Waals surface area contributed by atoms with Crippen molar-refractivity contribution in [1.29, 1.82) is 0 Å². The van der Waals surface area contributed by atoms with Crippen molar-refractivity contribution in [2.24, 2.45) is 5.92 Å². The Kier molecular flexibility index (Phi) is 7.67. The minimum Gasteiger partial charge on any atom is -0.481 e. The molecule has 2 heterocycles. The van der Waals surface area contributed by atoms with Crippen LogP contribution in [-0.2, 0) is 4.79 Å². The summed E-state index contributed by atoms with van der Waals surface area (Å²) in [5.74, 6) is -0.233. The molecule has 0 spiro atoms. The molecule has 4 rings (SSSR count). The number of hydrogen-bond donors (Lipinski definition) is 3. The van der Waals surface area contributed by atoms with Gasteiger partial charge in [0.05, 0.1) is 10.4 Å². The lowest BCUT2D eigenvalue weighted by Crippen LogP contribution is -2.44. The molecule has 2 fully saturated rings. The van der Waals surface area contributed by atoms with Crippen molar-refractivity contribution < 1.29 is 14.7 Å². The monoisotopic (exact) mass is 530 g/mol. The van der Waals surface area contributed by atoms with Crippen molar-refractivity contribution in [3.63, 3.8) is 0 Å². The van der Waals surface area contributed by atoms with E-state index in [0.29, 0.717) is 28.2 Å². The molecule has 0 unspecified atom stereocenters. The van der Waals surface area contributed by atoms with E-state index in [2.05, 4.69) is 48.5 Å². The molecule has 3 N–H and O–H groups in total. The minimum absolute atomic E-state index is 0.0250. The standard InChI is InChI=1S/C24H31BrN6O3/c1-30-12-10-17(11-13-30)31(2)22(32)15-6-8-16(9-7-15)27-24-26-14-19(25)21(29-24)28-20-5-3-4-18(20)23(33)34/h6-9,14,17-18,20H,3-5,10-13H2,1-2H3,(H,33,34)(H2,26,27,28,29)/t18-,20+/m1/s1. The fraction of sp³-hybridized carbons (Fsp3) is 0.500. The summed E-state index contributed by atoms with van der Waals surface area (Å²) in [6.07, 6.45) is 5.95. The number of piperidine rings is 1. The van der Waals surface area contributed by atoms with Crippen LogP contribution in [-0.4, -0.2) is 76.0 Å². The van der Waals surface area contributed by atoms with Gasteiger partial charge in [0.25, 0.3) is 5.91 Å². The van der Waals surface area contributed by atoms with Crippen LogP contribution < -0.4 is 10.6 Å². The van der Waals surface area contributed by atoms with Crippen molar-refractivity contribution in [2.75, 3.05) is 37.8 Å². The molecule has 1 aromatic heterocycles. The molecule has 2 aliphatic rings. The van der Waals surface area contributed by atoms with Crippen LogP contribution in [0.25, 0.3) is 0 Å². The number of hydrogen-bond acceptors (Lipinski definition) is 7. The van der Waals surface area contributed by atoms with Crippen LogP contribution in [0.4, 0.5) is 17.5 Å². The summed E-state index contributed by atoms with van der Waals surface area (Å²) >= 11 is 3.45. The van der Waals surface area contributed by atoms with Gasteiger partial charge in [0.15, 0.2) is 0 Å². The Balaban J connectivity index is 1.40. The number of likely N-dealkylation sites (tertiary alicyclic amines) is 1. The molecule has 1 aliphatic carbocycles. The molecular weight excluding hydrogens is 500 g/mol. The Hall–Kier alpha value is -2.72. The number of nitrogens with zero attached hydrogens (tertiary/aromatic N) is 4. The highest BCUT2D eigenvalue weighted by atomic mass is 79.9. The summed E-state index contributed by atoms with van der Waals surface area (Å²) in [6, 6.07) is 7.40. The number of aliphatic carboxylic acids is 1. The van der Waals surface area contributed by atoms with Gasteiger partial charge < -0.3 is 25.5 Å². The maximum atomic E-state index is 12.9. The Morgan fingerprint density at radius 1 is 1.15 bits per heavy atom. The van der Waals surface area contributed by atoms with Gasteiger partial charge in [0.2, 0.25) is 5.95 Å². The second-order valence-corrected chi connectivity index (χ2v) is 10.0. The van der Waals surface area contributed by atoms with Crippen molar-refractivity contribution in [1.82, 2.24) is 19.8 Å². The molecule has 10 heteroatoms. The fourth-order valence-electron chi connectivity index (χ4n) is 4.71. The number of carboxylic acids is 1. The molecule has 1 amide bonds. The van der Waals surface area contributed by atoms with Gasteiger partial charge in [-0.1, -0.05) is 6.42 Å². The topological polar surface area (TPSA) is 111 Å². The zero-order valence-corrected chi connectivity index (χ0v) is 21.1. The average molecular weight is 531 g/mol. The van der Waals surface area contributed by atoms with E-state index in [0.717, 1.165) is 44.5 Å². The lowest BCUT2D eigenvalue weighted by atomic mass is 10.0. The Bertz CT molecular complexity index is 1030. The Labute approximate surface area is 208 Å². The maximum Gasteiger partial charge on any atom is 0.308 e. The number of nitrogens with one attached hydrogen (secondary N) is 2. The van der Waals surface area contributed by atoms with Crippen LogP contribution in [0.1, 0.15) is 42.5 Å². The average Bonchev–Trinajstić information content (AvgIpc) is 3.30. The second-order valence-electron chi connectivity index (χ2n) is 9.17. The third kappa shape index (κ3) is 5.67. The highest BCUT2D eigenvalue weighted by Gasteiger charge is 2.33. The number of amides is 1. The van der Waals surface area contributed by atoms with Gasteiger partial charge in [-0.3, -0.25) is 9.59 Å². The number of carboxylic acid groups (broad SMARTS) is 1. The van der Waals surface area contributed by atoms with E-state index in [1.807, 2.05) is 36.2 Å². The summed E-state index contributed by atoms with van der Waals surface area (Å²) in [4.78, 5) is 37.4. The summed E-state index contributed by atoms with van der Waals surface area (Å²) in [7, 11) is 3.99. The first-order valence-corrected chi connectivity index (χ1v) is 12.5. The number of carbonyl (C=O) groups is 2. The predicted molar refractivity (Wildman–Crippen MR) is 134 cm³/mol. The molecular formula is C24H31BrN6O3. The number of rotatable bonds is 7. The zero-order valence-electron chi connectivity index (χ0n) is 19.5. The minimum atomic E-state index is -0.783. The zero-order chi connectivity index (χ0) is 24.2. The summed E-state index contributed by atoms with van der Waals surface area (Å²) < 4.78 is 0.673. The van der Waals surface area contributed by atoms with Crippen molar-refractivity contribution in [3.05, 3.63) is 40.5 Å². The normalized spacial score (nSPS) is 21.3. The lowest BCUT2D eigenvalue weighted by Gasteiger charge is -2.35. The van der Waals surface area contributed by atoms with Gasteiger partial charge in [-0.05, 0) is 86.0 Å². The van der Waals surface area contributed by atoms with Crippen LogP contribution >= 0.6 is 15.9 Å². The van der Waals surface area contributed by atoms with Crippen LogP contribution in [0.5, 0.6) is 0 Å². The molecule has 2 aromatic rings. The van der Waals surface area contributed by atoms with E-state index in [1.54, 1.807) is 6.20 Å². The molecule has 1 saturated carbocycles. The molecule has 2 atom stereocenters. The molecule has 0 bridgehead atoms. The second kappa shape index (κ2) is 10.7. The highest BCUT2D eigenvalue weighted by Crippen LogP contribution is 2.31. The van der Waals surface area contributed by atoms with E-state index in [-0.39, 0.29) is 18.0 Å². The number of anilines is 3. The number of aromatic nitrogens is 2. The van der Waals surface area contributed by atoms with Gasteiger partial charge in [-0.2, -0.15) is 4.98 Å². The quantitative estimate of drug-likeness (QED) is 0.495. The molecule has 1 aliphatic heterocycles. The smallest absolute Gasteiger partial charge is 0.308 e. The Morgan fingerprint density at radius 2 is 1.85 bits per heavy atom.